The van der Waals surface area contributed by atoms with Gasteiger partial charge in [0.2, 0.25) is 0 Å². The van der Waals surface area contributed by atoms with Crippen molar-refractivity contribution in [2.24, 2.45) is 5.92 Å². The van der Waals surface area contributed by atoms with Gasteiger partial charge < -0.3 is 9.84 Å². The summed E-state index contributed by atoms with van der Waals surface area (Å²) in [5.74, 6) is -1.06. The Morgan fingerprint density at radius 1 is 1.50 bits per heavy atom. The Bertz CT molecular complexity index is 707. The lowest BCUT2D eigenvalue weighted by Gasteiger charge is -2.16. The minimum absolute atomic E-state index is 0.00273. The van der Waals surface area contributed by atoms with Gasteiger partial charge in [0.25, 0.3) is 0 Å². The molecule has 1 fully saturated rings. The molecular weight excluding hydrogens is 315 g/mol. The average molecular weight is 334 g/mol. The minimum Gasteiger partial charge on any atom is -0.494 e. The number of nitrogens with zero attached hydrogens (tertiary/aromatic N) is 3. The number of carboxylic acid groups (broad SMARTS) is 1. The number of carbonyl (C=O) groups is 1. The molecule has 24 heavy (non-hydrogen) atoms. The van der Waals surface area contributed by atoms with Gasteiger partial charge in [-0.05, 0) is 23.6 Å². The fourth-order valence-electron chi connectivity index (χ4n) is 3.31. The van der Waals surface area contributed by atoms with Crippen molar-refractivity contribution in [1.82, 2.24) is 20.3 Å². The van der Waals surface area contributed by atoms with Crippen LogP contribution in [0.4, 0.5) is 4.39 Å². The maximum Gasteiger partial charge on any atom is 0.303 e. The second kappa shape index (κ2) is 6.96. The standard InChI is InChI=1S/C16H19FN4O3/c1-24-15-3-2-10(4-13(15)17)7-21-8-11(5-16(22)23)12(9-21)14-6-18-20-19-14/h2-4,6,11-12H,5,7-9H2,1H3,(H,22,23)(H,18,19,20)/t11-,12+/m0/s1. The number of halogens is 1. The van der Waals surface area contributed by atoms with Gasteiger partial charge in [0.15, 0.2) is 11.6 Å². The van der Waals surface area contributed by atoms with Crippen LogP contribution in [-0.2, 0) is 11.3 Å². The van der Waals surface area contributed by atoms with E-state index in [4.69, 9.17) is 9.84 Å². The highest BCUT2D eigenvalue weighted by molar-refractivity contribution is 5.67. The van der Waals surface area contributed by atoms with Crippen molar-refractivity contribution < 1.29 is 19.0 Å². The first-order valence-corrected chi connectivity index (χ1v) is 7.69. The summed E-state index contributed by atoms with van der Waals surface area (Å²) >= 11 is 0. The molecule has 0 aliphatic carbocycles. The number of methoxy groups -OCH3 is 1. The number of aliphatic carboxylic acids is 1. The molecule has 2 aromatic rings. The highest BCUT2D eigenvalue weighted by Crippen LogP contribution is 2.34. The number of H-pyrrole nitrogens is 1. The fourth-order valence-corrected chi connectivity index (χ4v) is 3.31. The summed E-state index contributed by atoms with van der Waals surface area (Å²) in [6.45, 7) is 1.83. The molecule has 1 aromatic heterocycles. The summed E-state index contributed by atoms with van der Waals surface area (Å²) in [4.78, 5) is 13.2. The van der Waals surface area contributed by atoms with Gasteiger partial charge >= 0.3 is 5.97 Å². The zero-order chi connectivity index (χ0) is 17.1. The highest BCUT2D eigenvalue weighted by Gasteiger charge is 2.36. The summed E-state index contributed by atoms with van der Waals surface area (Å²) in [6.07, 6.45) is 1.71. The molecule has 1 aromatic carbocycles. The van der Waals surface area contributed by atoms with E-state index >= 15 is 0 Å². The molecule has 0 saturated carbocycles. The molecule has 0 radical (unpaired) electrons. The molecule has 128 valence electrons. The molecule has 3 rings (SSSR count). The number of rotatable bonds is 6. The maximum absolute atomic E-state index is 13.8. The summed E-state index contributed by atoms with van der Waals surface area (Å²) in [5.41, 5.74) is 1.59. The monoisotopic (exact) mass is 334 g/mol. The van der Waals surface area contributed by atoms with Crippen molar-refractivity contribution in [3.8, 4) is 5.75 Å². The fraction of sp³-hybridized carbons (Fsp3) is 0.438. The molecule has 1 aliphatic heterocycles. The number of nitrogens with one attached hydrogen (secondary N) is 1. The Kier molecular flexibility index (Phi) is 4.75. The predicted molar refractivity (Wildman–Crippen MR) is 83.1 cm³/mol. The van der Waals surface area contributed by atoms with Crippen molar-refractivity contribution in [2.75, 3.05) is 20.2 Å². The number of hydrogen-bond acceptors (Lipinski definition) is 5. The van der Waals surface area contributed by atoms with E-state index < -0.39 is 11.8 Å². The number of likely N-dealkylation sites (tertiary alicyclic amines) is 1. The second-order valence-corrected chi connectivity index (χ2v) is 6.02. The molecule has 0 unspecified atom stereocenters. The largest absolute Gasteiger partial charge is 0.494 e. The minimum atomic E-state index is -0.828. The van der Waals surface area contributed by atoms with Crippen LogP contribution < -0.4 is 4.74 Å². The lowest BCUT2D eigenvalue weighted by molar-refractivity contribution is -0.138. The van der Waals surface area contributed by atoms with Gasteiger partial charge in [-0.1, -0.05) is 6.07 Å². The number of aromatic nitrogens is 3. The van der Waals surface area contributed by atoms with Crippen LogP contribution >= 0.6 is 0 Å². The molecule has 2 heterocycles. The number of carboxylic acids is 1. The van der Waals surface area contributed by atoms with E-state index in [1.807, 2.05) is 6.07 Å². The van der Waals surface area contributed by atoms with E-state index in [1.165, 1.54) is 13.2 Å². The van der Waals surface area contributed by atoms with Gasteiger partial charge in [0, 0.05) is 25.6 Å². The first-order valence-electron chi connectivity index (χ1n) is 7.69. The Hall–Kier alpha value is -2.48. The maximum atomic E-state index is 13.8. The zero-order valence-corrected chi connectivity index (χ0v) is 13.3. The molecule has 8 heteroatoms. The molecule has 0 bridgehead atoms. The molecule has 7 nitrogen and oxygen atoms in total. The van der Waals surface area contributed by atoms with Crippen molar-refractivity contribution >= 4 is 5.97 Å². The molecule has 0 amide bonds. The van der Waals surface area contributed by atoms with Crippen LogP contribution in [0.5, 0.6) is 5.75 Å². The van der Waals surface area contributed by atoms with Gasteiger partial charge in [0.05, 0.1) is 25.4 Å². The molecule has 0 spiro atoms. The van der Waals surface area contributed by atoms with E-state index in [9.17, 15) is 9.18 Å². The number of aromatic amines is 1. The van der Waals surface area contributed by atoms with Gasteiger partial charge in [-0.3, -0.25) is 9.69 Å². The number of hydrogen-bond donors (Lipinski definition) is 2. The van der Waals surface area contributed by atoms with E-state index in [0.29, 0.717) is 19.6 Å². The molecule has 1 saturated heterocycles. The Morgan fingerprint density at radius 3 is 2.96 bits per heavy atom. The van der Waals surface area contributed by atoms with Crippen molar-refractivity contribution in [3.63, 3.8) is 0 Å². The SMILES string of the molecule is COc1ccc(CN2C[C@H](CC(=O)O)[C@H](c3cn[nH]n3)C2)cc1F. The van der Waals surface area contributed by atoms with Gasteiger partial charge in [-0.15, -0.1) is 0 Å². The van der Waals surface area contributed by atoms with Crippen LogP contribution in [-0.4, -0.2) is 51.6 Å². The molecule has 2 N–H and O–H groups in total. The van der Waals surface area contributed by atoms with E-state index in [2.05, 4.69) is 20.3 Å². The van der Waals surface area contributed by atoms with Crippen LogP contribution in [0.15, 0.2) is 24.4 Å². The molecule has 2 atom stereocenters. The summed E-state index contributed by atoms with van der Waals surface area (Å²) in [6, 6.07) is 4.87. The first kappa shape index (κ1) is 16.4. The summed E-state index contributed by atoms with van der Waals surface area (Å²) in [7, 11) is 1.43. The number of ether oxygens (including phenoxy) is 1. The smallest absolute Gasteiger partial charge is 0.303 e. The van der Waals surface area contributed by atoms with Gasteiger partial charge in [-0.2, -0.15) is 15.4 Å². The highest BCUT2D eigenvalue weighted by atomic mass is 19.1. The Morgan fingerprint density at radius 2 is 2.33 bits per heavy atom. The van der Waals surface area contributed by atoms with Gasteiger partial charge in [-0.25, -0.2) is 4.39 Å². The van der Waals surface area contributed by atoms with Crippen molar-refractivity contribution in [3.05, 3.63) is 41.5 Å². The van der Waals surface area contributed by atoms with Crippen LogP contribution in [0.2, 0.25) is 0 Å². The zero-order valence-electron chi connectivity index (χ0n) is 13.3. The lowest BCUT2D eigenvalue weighted by Crippen LogP contribution is -2.21. The molecular formula is C16H19FN4O3. The van der Waals surface area contributed by atoms with Crippen LogP contribution in [0, 0.1) is 11.7 Å². The van der Waals surface area contributed by atoms with Crippen LogP contribution in [0.1, 0.15) is 23.6 Å². The van der Waals surface area contributed by atoms with Crippen molar-refractivity contribution in [2.45, 2.75) is 18.9 Å². The number of benzene rings is 1. The predicted octanol–water partition coefficient (Wildman–Crippen LogP) is 1.64. The first-order chi connectivity index (χ1) is 11.6. The second-order valence-electron chi connectivity index (χ2n) is 6.02. The van der Waals surface area contributed by atoms with E-state index in [0.717, 1.165) is 11.3 Å². The third-order valence-corrected chi connectivity index (χ3v) is 4.39. The average Bonchev–Trinajstić information content (AvgIpc) is 3.16. The lowest BCUT2D eigenvalue weighted by atomic mass is 9.91. The third kappa shape index (κ3) is 3.53. The Balaban J connectivity index is 1.73. The Labute approximate surface area is 138 Å². The summed E-state index contributed by atoms with van der Waals surface area (Å²) < 4.78 is 18.8. The quantitative estimate of drug-likeness (QED) is 0.834. The molecule has 1 aliphatic rings. The topological polar surface area (TPSA) is 91.3 Å². The van der Waals surface area contributed by atoms with E-state index in [1.54, 1.807) is 12.3 Å². The summed E-state index contributed by atoms with van der Waals surface area (Å²) in [5, 5.41) is 19.6. The third-order valence-electron chi connectivity index (χ3n) is 4.39. The van der Waals surface area contributed by atoms with Crippen molar-refractivity contribution in [1.29, 1.82) is 0 Å². The normalized spacial score (nSPS) is 21.1. The van der Waals surface area contributed by atoms with E-state index in [-0.39, 0.29) is 24.0 Å². The van der Waals surface area contributed by atoms with Gasteiger partial charge in [0.1, 0.15) is 0 Å². The van der Waals surface area contributed by atoms with Crippen LogP contribution in [0.25, 0.3) is 0 Å². The van der Waals surface area contributed by atoms with Crippen LogP contribution in [0.3, 0.4) is 0 Å².